The molecule has 108 valence electrons. The van der Waals surface area contributed by atoms with Gasteiger partial charge in [0.1, 0.15) is 5.76 Å². The van der Waals surface area contributed by atoms with Crippen molar-refractivity contribution in [3.8, 4) is 0 Å². The maximum Gasteiger partial charge on any atom is 0.306 e. The molecule has 0 amide bonds. The number of anilines is 1. The fourth-order valence-corrected chi connectivity index (χ4v) is 2.58. The number of furan rings is 1. The molecule has 5 nitrogen and oxygen atoms in total. The Morgan fingerprint density at radius 1 is 1.55 bits per heavy atom. The van der Waals surface area contributed by atoms with Gasteiger partial charge in [-0.1, -0.05) is 0 Å². The molecular weight excluding hydrogens is 276 g/mol. The van der Waals surface area contributed by atoms with Gasteiger partial charge < -0.3 is 14.1 Å². The van der Waals surface area contributed by atoms with E-state index in [0.29, 0.717) is 26.0 Å². The Labute approximate surface area is 122 Å². The van der Waals surface area contributed by atoms with E-state index in [1.165, 1.54) is 0 Å². The Morgan fingerprint density at radius 2 is 2.40 bits per heavy atom. The van der Waals surface area contributed by atoms with E-state index in [1.54, 1.807) is 17.6 Å². The molecule has 0 bridgehead atoms. The van der Waals surface area contributed by atoms with Gasteiger partial charge in [-0.3, -0.25) is 4.79 Å². The number of carbonyl (C=O) groups excluding carboxylic acids is 1. The zero-order valence-corrected chi connectivity index (χ0v) is 12.5. The molecule has 0 radical (unpaired) electrons. The normalized spacial score (nSPS) is 10.5. The summed E-state index contributed by atoms with van der Waals surface area (Å²) in [6, 6.07) is 3.81. The first kappa shape index (κ1) is 14.6. The number of carbonyl (C=O) groups is 1. The molecule has 2 rings (SSSR count). The second-order valence-electron chi connectivity index (χ2n) is 4.36. The lowest BCUT2D eigenvalue weighted by atomic mass is 10.2. The minimum atomic E-state index is -0.175. The van der Waals surface area contributed by atoms with Crippen LogP contribution in [0.2, 0.25) is 0 Å². The number of ether oxygens (including phenoxy) is 1. The smallest absolute Gasteiger partial charge is 0.306 e. The highest BCUT2D eigenvalue weighted by molar-refractivity contribution is 7.13. The van der Waals surface area contributed by atoms with E-state index < -0.39 is 0 Å². The van der Waals surface area contributed by atoms with E-state index in [9.17, 15) is 4.79 Å². The summed E-state index contributed by atoms with van der Waals surface area (Å²) in [6.45, 7) is 2.91. The summed E-state index contributed by atoms with van der Waals surface area (Å²) in [5, 5.41) is 2.90. The Hall–Kier alpha value is -1.82. The second-order valence-corrected chi connectivity index (χ2v) is 5.20. The number of hydrogen-bond acceptors (Lipinski definition) is 6. The zero-order chi connectivity index (χ0) is 14.4. The highest BCUT2D eigenvalue weighted by Gasteiger charge is 2.10. The van der Waals surface area contributed by atoms with E-state index in [2.05, 4.69) is 4.98 Å². The lowest BCUT2D eigenvalue weighted by molar-refractivity contribution is -0.143. The van der Waals surface area contributed by atoms with Crippen molar-refractivity contribution in [2.24, 2.45) is 0 Å². The molecule has 2 aromatic rings. The number of hydrogen-bond donors (Lipinski definition) is 0. The minimum absolute atomic E-state index is 0.175. The molecule has 0 atom stereocenters. The predicted molar refractivity (Wildman–Crippen MR) is 77.9 cm³/mol. The lowest BCUT2D eigenvalue weighted by Gasteiger charge is -2.13. The molecule has 0 saturated carbocycles. The largest absolute Gasteiger partial charge is 0.467 e. The van der Waals surface area contributed by atoms with Gasteiger partial charge >= 0.3 is 5.97 Å². The van der Waals surface area contributed by atoms with Gasteiger partial charge in [0, 0.05) is 18.8 Å². The van der Waals surface area contributed by atoms with Gasteiger partial charge in [0.2, 0.25) is 0 Å². The van der Waals surface area contributed by atoms with Crippen molar-refractivity contribution in [2.45, 2.75) is 26.3 Å². The monoisotopic (exact) mass is 294 g/mol. The molecule has 0 fully saturated rings. The van der Waals surface area contributed by atoms with Gasteiger partial charge in [0.05, 0.1) is 31.5 Å². The molecule has 0 aromatic carbocycles. The van der Waals surface area contributed by atoms with Crippen LogP contribution in [0.25, 0.3) is 0 Å². The number of thiazole rings is 1. The number of rotatable bonds is 7. The first-order valence-corrected chi connectivity index (χ1v) is 7.40. The van der Waals surface area contributed by atoms with E-state index in [4.69, 9.17) is 9.15 Å². The molecule has 0 saturated heterocycles. The fraction of sp³-hybridized carbons (Fsp3) is 0.429. The van der Waals surface area contributed by atoms with E-state index in [1.807, 2.05) is 36.4 Å². The van der Waals surface area contributed by atoms with E-state index >= 15 is 0 Å². The van der Waals surface area contributed by atoms with Crippen LogP contribution in [0.1, 0.15) is 24.8 Å². The van der Waals surface area contributed by atoms with Crippen LogP contribution in [0, 0.1) is 0 Å². The molecule has 0 aliphatic carbocycles. The Morgan fingerprint density at radius 3 is 3.10 bits per heavy atom. The van der Waals surface area contributed by atoms with Gasteiger partial charge in [-0.15, -0.1) is 11.3 Å². The summed E-state index contributed by atoms with van der Waals surface area (Å²) in [5.41, 5.74) is 0.921. The van der Waals surface area contributed by atoms with Crippen molar-refractivity contribution >= 4 is 22.4 Å². The minimum Gasteiger partial charge on any atom is -0.467 e. The molecule has 2 aromatic heterocycles. The molecule has 0 N–H and O–H groups in total. The van der Waals surface area contributed by atoms with Crippen molar-refractivity contribution in [3.63, 3.8) is 0 Å². The topological polar surface area (TPSA) is 55.6 Å². The predicted octanol–water partition coefficient (Wildman–Crippen LogP) is 2.87. The van der Waals surface area contributed by atoms with Crippen LogP contribution in [-0.4, -0.2) is 24.6 Å². The fourth-order valence-electron chi connectivity index (χ4n) is 1.75. The van der Waals surface area contributed by atoms with Crippen LogP contribution in [0.3, 0.4) is 0 Å². The average Bonchev–Trinajstić information content (AvgIpc) is 3.07. The zero-order valence-electron chi connectivity index (χ0n) is 11.7. The number of nitrogens with zero attached hydrogens (tertiary/aromatic N) is 2. The van der Waals surface area contributed by atoms with Crippen LogP contribution in [0.4, 0.5) is 5.13 Å². The molecule has 0 unspecified atom stereocenters. The third-order valence-corrected chi connectivity index (χ3v) is 3.73. The summed E-state index contributed by atoms with van der Waals surface area (Å²) in [6.07, 6.45) is 2.65. The van der Waals surface area contributed by atoms with Crippen molar-refractivity contribution in [2.75, 3.05) is 18.6 Å². The van der Waals surface area contributed by atoms with Gasteiger partial charge in [0.15, 0.2) is 5.13 Å². The van der Waals surface area contributed by atoms with Crippen molar-refractivity contribution < 1.29 is 13.9 Å². The quantitative estimate of drug-likeness (QED) is 0.735. The van der Waals surface area contributed by atoms with Crippen molar-refractivity contribution in [1.82, 2.24) is 4.98 Å². The highest BCUT2D eigenvalue weighted by Crippen LogP contribution is 2.22. The standard InChI is InChI=1S/C14H18N2O3S/c1-3-18-13(17)7-6-11-10-20-14(15-11)16(2)9-12-5-4-8-19-12/h4-5,8,10H,3,6-7,9H2,1-2H3. The van der Waals surface area contributed by atoms with Gasteiger partial charge in [-0.05, 0) is 19.1 Å². The molecule has 2 heterocycles. The first-order valence-electron chi connectivity index (χ1n) is 6.52. The Kier molecular flexibility index (Phi) is 5.17. The van der Waals surface area contributed by atoms with E-state index in [-0.39, 0.29) is 5.97 Å². The molecule has 0 aliphatic heterocycles. The van der Waals surface area contributed by atoms with Crippen LogP contribution >= 0.6 is 11.3 Å². The number of esters is 1. The van der Waals surface area contributed by atoms with Gasteiger partial charge in [-0.25, -0.2) is 4.98 Å². The maximum atomic E-state index is 11.3. The SMILES string of the molecule is CCOC(=O)CCc1csc(N(C)Cc2ccco2)n1. The van der Waals surface area contributed by atoms with Crippen LogP contribution in [0.15, 0.2) is 28.2 Å². The third-order valence-electron chi connectivity index (χ3n) is 2.73. The summed E-state index contributed by atoms with van der Waals surface area (Å²) in [5.74, 6) is 0.724. The third kappa shape index (κ3) is 4.09. The summed E-state index contributed by atoms with van der Waals surface area (Å²) in [4.78, 5) is 17.8. The second kappa shape index (κ2) is 7.09. The van der Waals surface area contributed by atoms with Crippen molar-refractivity contribution in [1.29, 1.82) is 0 Å². The summed E-state index contributed by atoms with van der Waals surface area (Å²) in [7, 11) is 1.97. The first-order chi connectivity index (χ1) is 9.69. The van der Waals surface area contributed by atoms with Crippen LogP contribution in [0.5, 0.6) is 0 Å². The van der Waals surface area contributed by atoms with E-state index in [0.717, 1.165) is 16.6 Å². The average molecular weight is 294 g/mol. The molecule has 6 heteroatoms. The number of aryl methyl sites for hydroxylation is 1. The van der Waals surface area contributed by atoms with Gasteiger partial charge in [-0.2, -0.15) is 0 Å². The molecule has 0 spiro atoms. The van der Waals surface area contributed by atoms with Crippen LogP contribution in [-0.2, 0) is 22.5 Å². The Balaban J connectivity index is 1.86. The molecule has 0 aliphatic rings. The number of aromatic nitrogens is 1. The Bertz CT molecular complexity index is 536. The van der Waals surface area contributed by atoms with Gasteiger partial charge in [0.25, 0.3) is 0 Å². The maximum absolute atomic E-state index is 11.3. The van der Waals surface area contributed by atoms with Crippen LogP contribution < -0.4 is 4.90 Å². The summed E-state index contributed by atoms with van der Waals surface area (Å²) >= 11 is 1.57. The lowest BCUT2D eigenvalue weighted by Crippen LogP contribution is -2.15. The highest BCUT2D eigenvalue weighted by atomic mass is 32.1. The van der Waals surface area contributed by atoms with Crippen molar-refractivity contribution in [3.05, 3.63) is 35.2 Å². The summed E-state index contributed by atoms with van der Waals surface area (Å²) < 4.78 is 10.2. The molecule has 20 heavy (non-hydrogen) atoms. The molecular formula is C14H18N2O3S.